The normalized spacial score (nSPS) is 18.6. The number of nitrogens with one attached hydrogen (secondary N) is 1. The van der Waals surface area contributed by atoms with Crippen LogP contribution in [-0.4, -0.2) is 46.4 Å². The lowest BCUT2D eigenvalue weighted by Gasteiger charge is -2.32. The van der Waals surface area contributed by atoms with Gasteiger partial charge < -0.3 is 5.32 Å². The fourth-order valence-corrected chi connectivity index (χ4v) is 6.31. The van der Waals surface area contributed by atoms with Gasteiger partial charge in [0.2, 0.25) is 15.9 Å². The highest BCUT2D eigenvalue weighted by atomic mass is 35.5. The predicted molar refractivity (Wildman–Crippen MR) is 129 cm³/mol. The molecule has 0 unspecified atom stereocenters. The van der Waals surface area contributed by atoms with Crippen LogP contribution in [0.5, 0.6) is 0 Å². The van der Waals surface area contributed by atoms with Crippen LogP contribution < -0.4 is 5.32 Å². The van der Waals surface area contributed by atoms with Gasteiger partial charge >= 0.3 is 0 Å². The first-order chi connectivity index (χ1) is 15.4. The fraction of sp³-hybridized carbons (Fsp3) is 0.409. The highest BCUT2D eigenvalue weighted by Gasteiger charge is 2.33. The van der Waals surface area contributed by atoms with Gasteiger partial charge in [0.05, 0.1) is 32.7 Å². The number of sulfonamides is 1. The van der Waals surface area contributed by atoms with Crippen LogP contribution in [0.4, 0.5) is 0 Å². The summed E-state index contributed by atoms with van der Waals surface area (Å²) in [6, 6.07) is 10.7. The Hall–Kier alpha value is -1.65. The molecule has 1 fully saturated rings. The van der Waals surface area contributed by atoms with Crippen LogP contribution in [0, 0.1) is 5.92 Å². The second-order valence-electron chi connectivity index (χ2n) is 8.27. The molecule has 180 valence electrons. The molecular weight excluding hydrogens is 507 g/mol. The maximum atomic E-state index is 12.9. The lowest BCUT2D eigenvalue weighted by Crippen LogP contribution is -2.46. The topological polar surface area (TPSA) is 101 Å². The number of halogens is 2. The van der Waals surface area contributed by atoms with Gasteiger partial charge in [-0.05, 0) is 55.2 Å². The molecule has 3 rings (SSSR count). The van der Waals surface area contributed by atoms with Crippen molar-refractivity contribution < 1.29 is 21.6 Å². The molecule has 2 atom stereocenters. The van der Waals surface area contributed by atoms with E-state index in [1.165, 1.54) is 22.5 Å². The van der Waals surface area contributed by atoms with E-state index in [4.69, 9.17) is 23.2 Å². The SMILES string of the molecule is C[C@@H](NC(=O)[C@@H]1CCCN(S(=O)(=O)Cc2ccc(Cl)c(Cl)c2)C1)c1ccc(S(C)(=O)=O)cc1. The van der Waals surface area contributed by atoms with Gasteiger partial charge in [0.15, 0.2) is 9.84 Å². The van der Waals surface area contributed by atoms with E-state index in [1.54, 1.807) is 31.2 Å². The molecule has 1 amide bonds. The van der Waals surface area contributed by atoms with Gasteiger partial charge in [0.1, 0.15) is 0 Å². The van der Waals surface area contributed by atoms with Crippen LogP contribution in [0.25, 0.3) is 0 Å². The number of sulfone groups is 1. The average molecular weight is 533 g/mol. The molecular formula is C22H26Cl2N2O5S2. The molecule has 0 spiro atoms. The minimum absolute atomic E-state index is 0.106. The summed E-state index contributed by atoms with van der Waals surface area (Å²) in [5.74, 6) is -0.925. The number of benzene rings is 2. The molecule has 0 aliphatic carbocycles. The van der Waals surface area contributed by atoms with Crippen LogP contribution in [0.3, 0.4) is 0 Å². The van der Waals surface area contributed by atoms with E-state index in [2.05, 4.69) is 5.32 Å². The van der Waals surface area contributed by atoms with E-state index in [-0.39, 0.29) is 29.1 Å². The van der Waals surface area contributed by atoms with Gasteiger partial charge in [0, 0.05) is 19.3 Å². The van der Waals surface area contributed by atoms with E-state index in [0.717, 1.165) is 11.8 Å². The van der Waals surface area contributed by atoms with Gasteiger partial charge in [-0.1, -0.05) is 41.4 Å². The van der Waals surface area contributed by atoms with Gasteiger partial charge in [0.25, 0.3) is 0 Å². The predicted octanol–water partition coefficient (Wildman–Crippen LogP) is 3.82. The molecule has 0 radical (unpaired) electrons. The highest BCUT2D eigenvalue weighted by Crippen LogP contribution is 2.26. The number of carbonyl (C=O) groups is 1. The number of hydrogen-bond donors (Lipinski definition) is 1. The first-order valence-electron chi connectivity index (χ1n) is 10.4. The molecule has 11 heteroatoms. The summed E-state index contributed by atoms with van der Waals surface area (Å²) in [6.07, 6.45) is 2.30. The Balaban J connectivity index is 1.64. The third kappa shape index (κ3) is 6.70. The summed E-state index contributed by atoms with van der Waals surface area (Å²) in [4.78, 5) is 13.1. The van der Waals surface area contributed by atoms with Crippen molar-refractivity contribution in [2.45, 2.75) is 36.5 Å². The molecule has 1 aliphatic heterocycles. The maximum absolute atomic E-state index is 12.9. The monoisotopic (exact) mass is 532 g/mol. The summed E-state index contributed by atoms with van der Waals surface area (Å²) in [5, 5.41) is 3.56. The summed E-state index contributed by atoms with van der Waals surface area (Å²) < 4.78 is 50.5. The molecule has 1 heterocycles. The zero-order valence-electron chi connectivity index (χ0n) is 18.3. The van der Waals surface area contributed by atoms with Crippen molar-refractivity contribution >= 4 is 49.0 Å². The third-order valence-corrected chi connectivity index (χ3v) is 9.33. The number of rotatable bonds is 7. The Morgan fingerprint density at radius 1 is 1.09 bits per heavy atom. The van der Waals surface area contributed by atoms with E-state index in [9.17, 15) is 21.6 Å². The fourth-order valence-electron chi connectivity index (χ4n) is 3.76. The van der Waals surface area contributed by atoms with E-state index in [1.807, 2.05) is 0 Å². The Labute approximate surface area is 205 Å². The summed E-state index contributed by atoms with van der Waals surface area (Å²) >= 11 is 11.9. The third-order valence-electron chi connectivity index (χ3n) is 5.65. The van der Waals surface area contributed by atoms with Crippen molar-refractivity contribution in [3.05, 3.63) is 63.6 Å². The molecule has 1 aliphatic rings. The molecule has 2 aromatic carbocycles. The van der Waals surface area contributed by atoms with Crippen molar-refractivity contribution in [1.82, 2.24) is 9.62 Å². The van der Waals surface area contributed by atoms with E-state index < -0.39 is 25.8 Å². The summed E-state index contributed by atoms with van der Waals surface area (Å²) in [6.45, 7) is 2.26. The van der Waals surface area contributed by atoms with Gasteiger partial charge in [-0.25, -0.2) is 21.1 Å². The minimum Gasteiger partial charge on any atom is -0.349 e. The zero-order chi connectivity index (χ0) is 24.4. The van der Waals surface area contributed by atoms with Crippen molar-refractivity contribution in [2.75, 3.05) is 19.3 Å². The van der Waals surface area contributed by atoms with Gasteiger partial charge in [-0.2, -0.15) is 0 Å². The van der Waals surface area contributed by atoms with Crippen LogP contribution >= 0.6 is 23.2 Å². The molecule has 0 bridgehead atoms. The summed E-state index contributed by atoms with van der Waals surface area (Å²) in [5.41, 5.74) is 1.29. The van der Waals surface area contributed by atoms with Crippen LogP contribution in [0.15, 0.2) is 47.4 Å². The largest absolute Gasteiger partial charge is 0.349 e. The number of nitrogens with zero attached hydrogens (tertiary/aromatic N) is 1. The lowest BCUT2D eigenvalue weighted by molar-refractivity contribution is -0.126. The second kappa shape index (κ2) is 10.3. The number of piperidine rings is 1. The van der Waals surface area contributed by atoms with Gasteiger partial charge in [-0.15, -0.1) is 0 Å². The first-order valence-corrected chi connectivity index (χ1v) is 14.6. The molecule has 1 saturated heterocycles. The zero-order valence-corrected chi connectivity index (χ0v) is 21.4. The number of amides is 1. The Morgan fingerprint density at radius 3 is 2.36 bits per heavy atom. The van der Waals surface area contributed by atoms with Crippen molar-refractivity contribution in [3.63, 3.8) is 0 Å². The van der Waals surface area contributed by atoms with Crippen LogP contribution in [0.1, 0.15) is 36.9 Å². The van der Waals surface area contributed by atoms with Crippen LogP contribution in [-0.2, 0) is 30.4 Å². The average Bonchev–Trinajstić information content (AvgIpc) is 2.75. The molecule has 33 heavy (non-hydrogen) atoms. The Bertz CT molecular complexity index is 1230. The highest BCUT2D eigenvalue weighted by molar-refractivity contribution is 7.90. The summed E-state index contributed by atoms with van der Waals surface area (Å²) in [7, 11) is -6.93. The number of hydrogen-bond acceptors (Lipinski definition) is 5. The van der Waals surface area contributed by atoms with Crippen molar-refractivity contribution in [3.8, 4) is 0 Å². The molecule has 7 nitrogen and oxygen atoms in total. The quantitative estimate of drug-likeness (QED) is 0.584. The van der Waals surface area contributed by atoms with Crippen LogP contribution in [0.2, 0.25) is 10.0 Å². The molecule has 1 N–H and O–H groups in total. The van der Waals surface area contributed by atoms with E-state index >= 15 is 0 Å². The van der Waals surface area contributed by atoms with Crippen molar-refractivity contribution in [1.29, 1.82) is 0 Å². The lowest BCUT2D eigenvalue weighted by atomic mass is 9.98. The molecule has 0 aromatic heterocycles. The molecule has 2 aromatic rings. The number of carbonyl (C=O) groups excluding carboxylic acids is 1. The second-order valence-corrected chi connectivity index (χ2v) is 13.1. The van der Waals surface area contributed by atoms with E-state index in [0.29, 0.717) is 35.0 Å². The van der Waals surface area contributed by atoms with Gasteiger partial charge in [-0.3, -0.25) is 4.79 Å². The Kier molecular flexibility index (Phi) is 8.11. The molecule has 0 saturated carbocycles. The smallest absolute Gasteiger partial charge is 0.224 e. The minimum atomic E-state index is -3.64. The standard InChI is InChI=1S/C22H26Cl2N2O5S2/c1-15(17-6-8-19(9-7-17)32(2,28)29)25-22(27)18-4-3-11-26(13-18)33(30,31)14-16-5-10-20(23)21(24)12-16/h5-10,12,15,18H,3-4,11,13-14H2,1-2H3,(H,25,27)/t15-,18-/m1/s1. The first kappa shape index (κ1) is 26.0. The Morgan fingerprint density at radius 2 is 1.76 bits per heavy atom. The maximum Gasteiger partial charge on any atom is 0.224 e. The van der Waals surface area contributed by atoms with Crippen molar-refractivity contribution in [2.24, 2.45) is 5.92 Å².